The van der Waals surface area contributed by atoms with Crippen LogP contribution in [-0.4, -0.2) is 65.4 Å². The van der Waals surface area contributed by atoms with Crippen LogP contribution in [0.4, 0.5) is 11.8 Å². The molecule has 1 saturated carbocycles. The molecule has 0 aromatic carbocycles. The lowest BCUT2D eigenvalue weighted by molar-refractivity contribution is 0.122. The van der Waals surface area contributed by atoms with Crippen LogP contribution in [0.15, 0.2) is 17.1 Å². The summed E-state index contributed by atoms with van der Waals surface area (Å²) >= 11 is 1.54. The number of anilines is 2. The van der Waals surface area contributed by atoms with Crippen LogP contribution in [0.3, 0.4) is 0 Å². The van der Waals surface area contributed by atoms with Crippen molar-refractivity contribution in [2.75, 3.05) is 49.6 Å². The summed E-state index contributed by atoms with van der Waals surface area (Å²) in [7, 11) is 0. The molecule has 9 nitrogen and oxygen atoms in total. The Morgan fingerprint density at radius 2 is 2.03 bits per heavy atom. The number of pyridine rings is 1. The van der Waals surface area contributed by atoms with Gasteiger partial charge in [-0.1, -0.05) is 0 Å². The molecule has 0 radical (unpaired) electrons. The van der Waals surface area contributed by atoms with Crippen LogP contribution >= 0.6 is 23.7 Å². The second kappa shape index (κ2) is 9.54. The lowest BCUT2D eigenvalue weighted by atomic mass is 10.1. The first kappa shape index (κ1) is 22.5. The third-order valence-electron chi connectivity index (χ3n) is 6.37. The second-order valence-corrected chi connectivity index (χ2v) is 9.77. The summed E-state index contributed by atoms with van der Waals surface area (Å²) < 4.78 is 6.53. The number of ether oxygens (including phenoxy) is 1. The Kier molecular flexibility index (Phi) is 6.51. The smallest absolute Gasteiger partial charge is 0.264 e. The molecule has 33 heavy (non-hydrogen) atoms. The number of morpholine rings is 1. The van der Waals surface area contributed by atoms with Crippen molar-refractivity contribution in [2.45, 2.75) is 37.6 Å². The number of H-pyrrole nitrogens is 1. The van der Waals surface area contributed by atoms with Crippen LogP contribution in [0.5, 0.6) is 0 Å². The topological polar surface area (TPSA) is 108 Å². The monoisotopic (exact) mass is 489 g/mol. The van der Waals surface area contributed by atoms with E-state index in [1.165, 1.54) is 0 Å². The van der Waals surface area contributed by atoms with Crippen molar-refractivity contribution in [3.05, 3.63) is 28.3 Å². The summed E-state index contributed by atoms with van der Waals surface area (Å²) in [4.78, 5) is 32.9. The van der Waals surface area contributed by atoms with Crippen molar-refractivity contribution in [1.29, 1.82) is 0 Å². The summed E-state index contributed by atoms with van der Waals surface area (Å²) in [6.07, 6.45) is 6.33. The molecular weight excluding hydrogens is 462 g/mol. The number of nitrogens with zero attached hydrogens (tertiary/aromatic N) is 4. The summed E-state index contributed by atoms with van der Waals surface area (Å²) in [5, 5.41) is 7.69. The lowest BCUT2D eigenvalue weighted by Crippen LogP contribution is -2.40. The predicted molar refractivity (Wildman–Crippen MR) is 133 cm³/mol. The van der Waals surface area contributed by atoms with Crippen LogP contribution in [0.25, 0.3) is 20.8 Å². The molecule has 0 spiro atoms. The van der Waals surface area contributed by atoms with E-state index >= 15 is 0 Å². The van der Waals surface area contributed by atoms with Crippen molar-refractivity contribution in [1.82, 2.24) is 25.3 Å². The summed E-state index contributed by atoms with van der Waals surface area (Å²) in [5.41, 5.74) is 2.35. The maximum atomic E-state index is 13.4. The van der Waals surface area contributed by atoms with Crippen LogP contribution in [-0.2, 0) is 4.74 Å². The predicted octanol–water partition coefficient (Wildman–Crippen LogP) is 2.74. The molecule has 0 bridgehead atoms. The van der Waals surface area contributed by atoms with Gasteiger partial charge in [-0.2, -0.15) is 4.98 Å². The van der Waals surface area contributed by atoms with E-state index in [0.29, 0.717) is 54.6 Å². The minimum Gasteiger partial charge on any atom is -0.378 e. The highest BCUT2D eigenvalue weighted by Crippen LogP contribution is 2.43. The molecular formula is C22H28ClN7O2S. The number of hydrogen-bond acceptors (Lipinski definition) is 9. The molecule has 11 heteroatoms. The van der Waals surface area contributed by atoms with Crippen molar-refractivity contribution in [3.63, 3.8) is 0 Å². The molecule has 0 unspecified atom stereocenters. The second-order valence-electron chi connectivity index (χ2n) is 8.74. The van der Waals surface area contributed by atoms with E-state index in [2.05, 4.69) is 25.5 Å². The zero-order valence-electron chi connectivity index (χ0n) is 18.3. The van der Waals surface area contributed by atoms with Gasteiger partial charge in [0, 0.05) is 37.8 Å². The normalized spacial score (nSPS) is 21.1. The van der Waals surface area contributed by atoms with Gasteiger partial charge in [-0.3, -0.25) is 14.8 Å². The largest absolute Gasteiger partial charge is 0.378 e. The van der Waals surface area contributed by atoms with Gasteiger partial charge in [0.15, 0.2) is 0 Å². The Morgan fingerprint density at radius 3 is 2.79 bits per heavy atom. The van der Waals surface area contributed by atoms with Gasteiger partial charge >= 0.3 is 0 Å². The van der Waals surface area contributed by atoms with Gasteiger partial charge in [0.05, 0.1) is 23.6 Å². The van der Waals surface area contributed by atoms with E-state index in [0.717, 1.165) is 54.7 Å². The van der Waals surface area contributed by atoms with Crippen LogP contribution in [0.1, 0.15) is 37.3 Å². The fourth-order valence-electron chi connectivity index (χ4n) is 4.49. The fourth-order valence-corrected chi connectivity index (χ4v) is 5.51. The minimum absolute atomic E-state index is 0. The Hall–Kier alpha value is -2.27. The van der Waals surface area contributed by atoms with Crippen molar-refractivity contribution >= 4 is 45.7 Å². The number of hydrogen-bond donors (Lipinski definition) is 3. The van der Waals surface area contributed by atoms with Crippen molar-refractivity contribution < 1.29 is 4.74 Å². The third kappa shape index (κ3) is 4.57. The highest BCUT2D eigenvalue weighted by atomic mass is 35.5. The molecule has 3 aromatic rings. The number of nitrogens with one attached hydrogen (secondary N) is 3. The number of fused-ring (bicyclic) bond motifs is 1. The molecule has 1 atom stereocenters. The number of halogens is 1. The van der Waals surface area contributed by atoms with Crippen LogP contribution in [0, 0.1) is 0 Å². The summed E-state index contributed by atoms with van der Waals surface area (Å²) in [6, 6.07) is 2.22. The zero-order valence-corrected chi connectivity index (χ0v) is 19.9. The molecule has 5 heterocycles. The zero-order chi connectivity index (χ0) is 21.5. The Bertz CT molecular complexity index is 1180. The Morgan fingerprint density at radius 1 is 1.18 bits per heavy atom. The number of thiazole rings is 1. The van der Waals surface area contributed by atoms with Gasteiger partial charge in [0.25, 0.3) is 5.56 Å². The standard InChI is InChI=1S/C22H27N7O2S.ClH/c30-20-16(21-26-18-15(32-21)5-7-24-17(18)13-3-4-13)19(25-14-2-1-6-23-12-14)27-22(28-20)29-8-10-31-11-9-29;/h5,7,13-14,23H,1-4,6,8-12H2,(H2,25,27,28,30);1H/t14-;/m1./s1. The molecule has 3 fully saturated rings. The van der Waals surface area contributed by atoms with Crippen LogP contribution < -0.4 is 21.1 Å². The average molecular weight is 490 g/mol. The van der Waals surface area contributed by atoms with E-state index in [-0.39, 0.29) is 24.0 Å². The number of aromatic amines is 1. The van der Waals surface area contributed by atoms with Gasteiger partial charge in [-0.25, -0.2) is 4.98 Å². The number of aromatic nitrogens is 4. The third-order valence-corrected chi connectivity index (χ3v) is 7.41. The molecule has 2 aliphatic heterocycles. The summed E-state index contributed by atoms with van der Waals surface area (Å²) in [5.74, 6) is 1.71. The van der Waals surface area contributed by atoms with Gasteiger partial charge in [-0.15, -0.1) is 23.7 Å². The Labute approximate surface area is 201 Å². The van der Waals surface area contributed by atoms with Gasteiger partial charge in [-0.05, 0) is 38.3 Å². The minimum atomic E-state index is -0.159. The van der Waals surface area contributed by atoms with Gasteiger partial charge in [0.1, 0.15) is 21.9 Å². The van der Waals surface area contributed by atoms with E-state index in [1.807, 2.05) is 12.3 Å². The Balaban J connectivity index is 0.00000228. The first-order chi connectivity index (χ1) is 15.8. The first-order valence-electron chi connectivity index (χ1n) is 11.5. The molecule has 0 amide bonds. The summed E-state index contributed by atoms with van der Waals surface area (Å²) in [6.45, 7) is 4.58. The number of rotatable bonds is 5. The van der Waals surface area contributed by atoms with Gasteiger partial charge < -0.3 is 20.3 Å². The van der Waals surface area contributed by atoms with Gasteiger partial charge in [0.2, 0.25) is 5.95 Å². The maximum Gasteiger partial charge on any atom is 0.264 e. The molecule has 3 aromatic heterocycles. The molecule has 2 saturated heterocycles. The highest BCUT2D eigenvalue weighted by Gasteiger charge is 2.29. The average Bonchev–Trinajstić information content (AvgIpc) is 3.58. The quantitative estimate of drug-likeness (QED) is 0.502. The highest BCUT2D eigenvalue weighted by molar-refractivity contribution is 7.21. The van der Waals surface area contributed by atoms with E-state index < -0.39 is 0 Å². The fraction of sp³-hybridized carbons (Fsp3) is 0.545. The van der Waals surface area contributed by atoms with E-state index in [9.17, 15) is 4.79 Å². The molecule has 1 aliphatic carbocycles. The van der Waals surface area contributed by atoms with Crippen molar-refractivity contribution in [2.24, 2.45) is 0 Å². The van der Waals surface area contributed by atoms with Crippen molar-refractivity contribution in [3.8, 4) is 10.6 Å². The first-order valence-corrected chi connectivity index (χ1v) is 12.3. The molecule has 3 aliphatic rings. The van der Waals surface area contributed by atoms with Crippen LogP contribution in [0.2, 0.25) is 0 Å². The molecule has 176 valence electrons. The molecule has 3 N–H and O–H groups in total. The van der Waals surface area contributed by atoms with E-state index in [4.69, 9.17) is 14.7 Å². The molecule has 6 rings (SSSR count). The van der Waals surface area contributed by atoms with E-state index in [1.54, 1.807) is 11.3 Å². The maximum absolute atomic E-state index is 13.4. The lowest BCUT2D eigenvalue weighted by Gasteiger charge is -2.29. The SMILES string of the molecule is Cl.O=c1[nH]c(N2CCOCC2)nc(N[C@@H]2CCCNC2)c1-c1nc2c(C3CC3)nccc2s1. The number of piperidine rings is 1.